The molecule has 0 bridgehead atoms. The van der Waals surface area contributed by atoms with Crippen molar-refractivity contribution >= 4 is 31.0 Å². The molecule has 28 heavy (non-hydrogen) atoms. The summed E-state index contributed by atoms with van der Waals surface area (Å²) in [6, 6.07) is 7.05. The number of hydrogen-bond donors (Lipinski definition) is 2. The molecule has 150 valence electrons. The molecule has 2 aromatic rings. The number of rotatable bonds is 5. The van der Waals surface area contributed by atoms with Crippen LogP contribution >= 0.6 is 0 Å². The molecule has 1 fully saturated rings. The predicted octanol–water partition coefficient (Wildman–Crippen LogP) is 3.35. The standard InChI is InChI=1S/C21H28AsFN4O/c1-13-11-15(5-10-18(13)23)20(28)25-16-6-8-17(9-7-16)26-21-24-14(2)12-19(27-21)22(3)4/h5,10-12,16-17H,6-9H2,1-4H3,(H,25,28)(H,24,26,27). The number of hydrogen-bond acceptors (Lipinski definition) is 4. The molecule has 0 radical (unpaired) electrons. The van der Waals surface area contributed by atoms with Crippen LogP contribution in [-0.2, 0) is 0 Å². The summed E-state index contributed by atoms with van der Waals surface area (Å²) in [5.74, 6) is 0.311. The SMILES string of the molecule is Cc1cc([As](C)C)nc(NC2CCC(NC(=O)c3ccc(F)c(C)c3)CC2)n1. The van der Waals surface area contributed by atoms with Crippen LogP contribution in [0.15, 0.2) is 24.3 Å². The number of carbonyl (C=O) groups is 1. The quantitative estimate of drug-likeness (QED) is 0.692. The fourth-order valence-corrected chi connectivity index (χ4v) is 5.02. The normalized spacial score (nSPS) is 19.5. The van der Waals surface area contributed by atoms with Gasteiger partial charge in [0.25, 0.3) is 0 Å². The Kier molecular flexibility index (Phi) is 6.71. The van der Waals surface area contributed by atoms with Crippen LogP contribution in [-0.4, -0.2) is 42.6 Å². The van der Waals surface area contributed by atoms with Crippen molar-refractivity contribution in [1.29, 1.82) is 0 Å². The first-order valence-electron chi connectivity index (χ1n) is 9.68. The zero-order valence-electron chi connectivity index (χ0n) is 16.9. The summed E-state index contributed by atoms with van der Waals surface area (Å²) in [6.07, 6.45) is 3.72. The Labute approximate surface area is 170 Å². The van der Waals surface area contributed by atoms with E-state index in [0.717, 1.165) is 37.3 Å². The average molecular weight is 446 g/mol. The zero-order chi connectivity index (χ0) is 20.3. The summed E-state index contributed by atoms with van der Waals surface area (Å²) in [7, 11) is 0. The van der Waals surface area contributed by atoms with Crippen LogP contribution in [0.25, 0.3) is 0 Å². The van der Waals surface area contributed by atoms with Gasteiger partial charge in [-0.2, -0.15) is 0 Å². The van der Waals surface area contributed by atoms with E-state index in [0.29, 0.717) is 17.2 Å². The Balaban J connectivity index is 1.53. The molecule has 1 aromatic carbocycles. The molecule has 5 nitrogen and oxygen atoms in total. The molecule has 3 rings (SSSR count). The molecule has 7 heteroatoms. The van der Waals surface area contributed by atoms with E-state index in [1.165, 1.54) is 16.6 Å². The van der Waals surface area contributed by atoms with E-state index in [1.807, 2.05) is 6.92 Å². The third-order valence-corrected chi connectivity index (χ3v) is 7.52. The first kappa shape index (κ1) is 20.8. The molecule has 0 unspecified atom stereocenters. The van der Waals surface area contributed by atoms with Crippen LogP contribution in [0.5, 0.6) is 0 Å². The second-order valence-corrected chi connectivity index (χ2v) is 12.4. The summed E-state index contributed by atoms with van der Waals surface area (Å²) >= 11 is -1.03. The topological polar surface area (TPSA) is 66.9 Å². The van der Waals surface area contributed by atoms with Crippen molar-refractivity contribution in [2.75, 3.05) is 5.32 Å². The van der Waals surface area contributed by atoms with Gasteiger partial charge in [-0.15, -0.1) is 0 Å². The molecular formula is C21H28AsFN4O. The Morgan fingerprint density at radius 3 is 2.39 bits per heavy atom. The second-order valence-electron chi connectivity index (χ2n) is 7.72. The average Bonchev–Trinajstić information content (AvgIpc) is 2.65. The van der Waals surface area contributed by atoms with Gasteiger partial charge in [-0.1, -0.05) is 0 Å². The number of aryl methyl sites for hydroxylation is 2. The van der Waals surface area contributed by atoms with Crippen molar-refractivity contribution < 1.29 is 9.18 Å². The van der Waals surface area contributed by atoms with Gasteiger partial charge in [0.2, 0.25) is 0 Å². The number of nitrogens with zero attached hydrogens (tertiary/aromatic N) is 2. The minimum atomic E-state index is -1.03. The summed E-state index contributed by atoms with van der Waals surface area (Å²) in [4.78, 5) is 21.6. The van der Waals surface area contributed by atoms with E-state index in [1.54, 1.807) is 13.0 Å². The molecular weight excluding hydrogens is 418 g/mol. The van der Waals surface area contributed by atoms with Crippen LogP contribution in [0.1, 0.15) is 47.3 Å². The zero-order valence-corrected chi connectivity index (χ0v) is 18.8. The van der Waals surface area contributed by atoms with E-state index in [4.69, 9.17) is 4.98 Å². The van der Waals surface area contributed by atoms with Gasteiger partial charge in [-0.3, -0.25) is 0 Å². The second kappa shape index (κ2) is 9.04. The molecule has 1 amide bonds. The molecule has 1 aliphatic carbocycles. The fourth-order valence-electron chi connectivity index (χ4n) is 3.46. The number of benzene rings is 1. The van der Waals surface area contributed by atoms with Crippen molar-refractivity contribution in [3.05, 3.63) is 46.9 Å². The van der Waals surface area contributed by atoms with Crippen molar-refractivity contribution in [1.82, 2.24) is 15.3 Å². The van der Waals surface area contributed by atoms with Crippen LogP contribution in [0.4, 0.5) is 10.3 Å². The molecule has 0 saturated heterocycles. The van der Waals surface area contributed by atoms with Crippen molar-refractivity contribution in [3.63, 3.8) is 0 Å². The van der Waals surface area contributed by atoms with Crippen LogP contribution in [0.2, 0.25) is 11.4 Å². The number of aromatic nitrogens is 2. The maximum atomic E-state index is 13.4. The summed E-state index contributed by atoms with van der Waals surface area (Å²) in [5, 5.41) is 6.57. The van der Waals surface area contributed by atoms with Gasteiger partial charge in [0, 0.05) is 0 Å². The predicted molar refractivity (Wildman–Crippen MR) is 112 cm³/mol. The molecule has 0 aliphatic heterocycles. The first-order valence-corrected chi connectivity index (χ1v) is 14.4. The molecule has 1 aromatic heterocycles. The van der Waals surface area contributed by atoms with Gasteiger partial charge in [-0.25, -0.2) is 4.39 Å². The van der Waals surface area contributed by atoms with Crippen molar-refractivity contribution in [2.24, 2.45) is 0 Å². The summed E-state index contributed by atoms with van der Waals surface area (Å²) in [5.41, 5.74) is 6.55. The maximum absolute atomic E-state index is 13.4. The monoisotopic (exact) mass is 446 g/mol. The Bertz CT molecular complexity index is 850. The number of amides is 1. The number of halogens is 1. The first-order chi connectivity index (χ1) is 13.3. The van der Waals surface area contributed by atoms with E-state index in [-0.39, 0.29) is 17.8 Å². The Morgan fingerprint density at radius 1 is 1.07 bits per heavy atom. The van der Waals surface area contributed by atoms with Crippen molar-refractivity contribution in [3.8, 4) is 0 Å². The van der Waals surface area contributed by atoms with Gasteiger partial charge in [-0.05, 0) is 18.6 Å². The van der Waals surface area contributed by atoms with E-state index < -0.39 is 14.7 Å². The van der Waals surface area contributed by atoms with E-state index >= 15 is 0 Å². The third-order valence-electron chi connectivity index (χ3n) is 5.11. The molecule has 2 N–H and O–H groups in total. The van der Waals surface area contributed by atoms with Crippen LogP contribution in [0, 0.1) is 19.7 Å². The summed E-state index contributed by atoms with van der Waals surface area (Å²) in [6.45, 7) is 3.68. The molecule has 1 heterocycles. The Morgan fingerprint density at radius 2 is 1.75 bits per heavy atom. The third kappa shape index (κ3) is 5.31. The van der Waals surface area contributed by atoms with E-state index in [9.17, 15) is 9.18 Å². The van der Waals surface area contributed by atoms with Gasteiger partial charge < -0.3 is 0 Å². The number of anilines is 1. The van der Waals surface area contributed by atoms with Gasteiger partial charge >= 0.3 is 142 Å². The fraction of sp³-hybridized carbons (Fsp3) is 0.476. The Hall–Kier alpha value is -1.94. The van der Waals surface area contributed by atoms with Gasteiger partial charge in [0.15, 0.2) is 0 Å². The summed E-state index contributed by atoms with van der Waals surface area (Å²) < 4.78 is 14.6. The van der Waals surface area contributed by atoms with Crippen LogP contribution in [0.3, 0.4) is 0 Å². The molecule has 0 atom stereocenters. The number of carbonyl (C=O) groups excluding carboxylic acids is 1. The van der Waals surface area contributed by atoms with E-state index in [2.05, 4.69) is 33.1 Å². The van der Waals surface area contributed by atoms with Gasteiger partial charge in [0.1, 0.15) is 5.82 Å². The van der Waals surface area contributed by atoms with Crippen molar-refractivity contribution in [2.45, 2.75) is 63.0 Å². The molecule has 1 saturated carbocycles. The van der Waals surface area contributed by atoms with Crippen LogP contribution < -0.4 is 15.1 Å². The number of nitrogens with one attached hydrogen (secondary N) is 2. The van der Waals surface area contributed by atoms with Gasteiger partial charge in [0.05, 0.1) is 0 Å². The molecule has 1 aliphatic rings. The minimum absolute atomic E-state index is 0.131. The molecule has 0 spiro atoms.